The second kappa shape index (κ2) is 6.07. The summed E-state index contributed by atoms with van der Waals surface area (Å²) in [5, 5.41) is 0.613. The normalized spacial score (nSPS) is 20.3. The molecule has 0 aliphatic carbocycles. The first kappa shape index (κ1) is 16.5. The standard InChI is InChI=1S/C12H23N5O2S2/c1-15(2)21(18,19)10-11(13)14-20-12(10)17(4)8-9-6-5-7-16(9)3/h9H,5-8H2,1-4H3,(H2,13,14). The van der Waals surface area contributed by atoms with E-state index in [0.29, 0.717) is 11.0 Å². The van der Waals surface area contributed by atoms with E-state index < -0.39 is 10.0 Å². The highest BCUT2D eigenvalue weighted by atomic mass is 32.2. The monoisotopic (exact) mass is 333 g/mol. The fourth-order valence-electron chi connectivity index (χ4n) is 2.56. The van der Waals surface area contributed by atoms with Gasteiger partial charge in [-0.3, -0.25) is 0 Å². The van der Waals surface area contributed by atoms with E-state index in [9.17, 15) is 8.42 Å². The zero-order valence-electron chi connectivity index (χ0n) is 12.9. The van der Waals surface area contributed by atoms with Crippen LogP contribution in [-0.4, -0.2) is 69.3 Å². The number of likely N-dealkylation sites (tertiary alicyclic amines) is 1. The molecule has 1 saturated heterocycles. The molecule has 0 radical (unpaired) electrons. The summed E-state index contributed by atoms with van der Waals surface area (Å²) in [6.07, 6.45) is 2.31. The van der Waals surface area contributed by atoms with Gasteiger partial charge in [0, 0.05) is 33.7 Å². The molecular weight excluding hydrogens is 310 g/mol. The summed E-state index contributed by atoms with van der Waals surface area (Å²) in [4.78, 5) is 4.39. The van der Waals surface area contributed by atoms with Crippen LogP contribution in [0.15, 0.2) is 4.90 Å². The summed E-state index contributed by atoms with van der Waals surface area (Å²) in [6.45, 7) is 1.86. The summed E-state index contributed by atoms with van der Waals surface area (Å²) in [6, 6.07) is 0.438. The van der Waals surface area contributed by atoms with Crippen molar-refractivity contribution in [1.82, 2.24) is 13.6 Å². The van der Waals surface area contributed by atoms with E-state index in [1.54, 1.807) is 0 Å². The van der Waals surface area contributed by atoms with Crippen LogP contribution in [0.5, 0.6) is 0 Å². The summed E-state index contributed by atoms with van der Waals surface area (Å²) in [5.74, 6) is 0.0790. The molecule has 1 aromatic heterocycles. The fraction of sp³-hybridized carbons (Fsp3) is 0.750. The van der Waals surface area contributed by atoms with Crippen LogP contribution in [-0.2, 0) is 10.0 Å². The first-order valence-electron chi connectivity index (χ1n) is 6.84. The van der Waals surface area contributed by atoms with Crippen molar-refractivity contribution in [2.75, 3.05) is 51.9 Å². The molecule has 2 heterocycles. The van der Waals surface area contributed by atoms with Gasteiger partial charge in [-0.2, -0.15) is 4.37 Å². The number of aromatic nitrogens is 1. The van der Waals surface area contributed by atoms with Crippen LogP contribution < -0.4 is 10.6 Å². The molecular formula is C12H23N5O2S2. The highest BCUT2D eigenvalue weighted by Gasteiger charge is 2.31. The average molecular weight is 333 g/mol. The second-order valence-electron chi connectivity index (χ2n) is 5.65. The van der Waals surface area contributed by atoms with E-state index in [-0.39, 0.29) is 10.7 Å². The van der Waals surface area contributed by atoms with Crippen molar-refractivity contribution in [2.24, 2.45) is 0 Å². The first-order valence-corrected chi connectivity index (χ1v) is 9.05. The number of anilines is 2. The minimum absolute atomic E-state index is 0.0790. The summed E-state index contributed by atoms with van der Waals surface area (Å²) in [7, 11) is 3.41. The van der Waals surface area contributed by atoms with Gasteiger partial charge in [0.05, 0.1) is 0 Å². The number of rotatable bonds is 5. The third-order valence-corrected chi connectivity index (χ3v) is 6.88. The topological polar surface area (TPSA) is 82.8 Å². The third kappa shape index (κ3) is 3.15. The van der Waals surface area contributed by atoms with E-state index in [2.05, 4.69) is 16.3 Å². The number of hydrogen-bond donors (Lipinski definition) is 1. The van der Waals surface area contributed by atoms with Crippen molar-refractivity contribution in [3.8, 4) is 0 Å². The van der Waals surface area contributed by atoms with Crippen molar-refractivity contribution in [3.05, 3.63) is 0 Å². The van der Waals surface area contributed by atoms with E-state index in [1.807, 2.05) is 11.9 Å². The number of likely N-dealkylation sites (N-methyl/N-ethyl adjacent to an activating group) is 2. The van der Waals surface area contributed by atoms with Gasteiger partial charge in [-0.05, 0) is 38.0 Å². The summed E-state index contributed by atoms with van der Waals surface area (Å²) >= 11 is 1.14. The molecule has 1 aliphatic rings. The maximum atomic E-state index is 12.4. The molecule has 2 N–H and O–H groups in total. The Balaban J connectivity index is 2.28. The highest BCUT2D eigenvalue weighted by molar-refractivity contribution is 7.89. The molecule has 21 heavy (non-hydrogen) atoms. The molecule has 120 valence electrons. The highest BCUT2D eigenvalue weighted by Crippen LogP contribution is 2.35. The molecule has 0 amide bonds. The molecule has 0 saturated carbocycles. The molecule has 1 atom stereocenters. The smallest absolute Gasteiger partial charge is 0.249 e. The number of nitrogens with two attached hydrogens (primary N) is 1. The Morgan fingerprint density at radius 2 is 2.10 bits per heavy atom. The van der Waals surface area contributed by atoms with Crippen molar-refractivity contribution < 1.29 is 8.42 Å². The first-order chi connectivity index (χ1) is 9.75. The van der Waals surface area contributed by atoms with E-state index >= 15 is 0 Å². The predicted octanol–water partition coefficient (Wildman–Crippen LogP) is 0.506. The van der Waals surface area contributed by atoms with E-state index in [4.69, 9.17) is 5.73 Å². The van der Waals surface area contributed by atoms with Crippen molar-refractivity contribution in [3.63, 3.8) is 0 Å². The second-order valence-corrected chi connectivity index (χ2v) is 8.49. The quantitative estimate of drug-likeness (QED) is 0.845. The van der Waals surface area contributed by atoms with Gasteiger partial charge in [-0.1, -0.05) is 0 Å². The molecule has 1 unspecified atom stereocenters. The molecule has 7 nitrogen and oxygen atoms in total. The van der Waals surface area contributed by atoms with Crippen molar-refractivity contribution in [1.29, 1.82) is 0 Å². The van der Waals surface area contributed by atoms with Crippen LogP contribution in [0.2, 0.25) is 0 Å². The van der Waals surface area contributed by atoms with Gasteiger partial charge in [0.25, 0.3) is 0 Å². The van der Waals surface area contributed by atoms with Crippen LogP contribution in [0.1, 0.15) is 12.8 Å². The van der Waals surface area contributed by atoms with Gasteiger partial charge in [-0.25, -0.2) is 12.7 Å². The Morgan fingerprint density at radius 1 is 1.43 bits per heavy atom. The summed E-state index contributed by atoms with van der Waals surface area (Å²) < 4.78 is 30.0. The van der Waals surface area contributed by atoms with Crippen LogP contribution in [0.3, 0.4) is 0 Å². The fourth-order valence-corrected chi connectivity index (χ4v) is 4.78. The van der Waals surface area contributed by atoms with E-state index in [1.165, 1.54) is 24.8 Å². The van der Waals surface area contributed by atoms with Crippen molar-refractivity contribution >= 4 is 32.4 Å². The minimum Gasteiger partial charge on any atom is -0.382 e. The Kier molecular flexibility index (Phi) is 4.76. The maximum Gasteiger partial charge on any atom is 0.249 e. The Hall–Kier alpha value is -0.900. The zero-order valence-corrected chi connectivity index (χ0v) is 14.5. The van der Waals surface area contributed by atoms with Gasteiger partial charge in [0.15, 0.2) is 10.7 Å². The molecule has 9 heteroatoms. The largest absolute Gasteiger partial charge is 0.382 e. The molecule has 2 rings (SSSR count). The number of nitrogen functional groups attached to an aromatic ring is 1. The van der Waals surface area contributed by atoms with Gasteiger partial charge in [-0.15, -0.1) is 0 Å². The lowest BCUT2D eigenvalue weighted by Crippen LogP contribution is -2.37. The lowest BCUT2D eigenvalue weighted by molar-refractivity contribution is 0.314. The molecule has 1 aromatic rings. The zero-order chi connectivity index (χ0) is 15.8. The molecule has 0 bridgehead atoms. The lowest BCUT2D eigenvalue weighted by Gasteiger charge is -2.27. The van der Waals surface area contributed by atoms with E-state index in [0.717, 1.165) is 31.0 Å². The molecule has 1 aliphatic heterocycles. The SMILES string of the molecule is CN(CC1CCCN1C)c1snc(N)c1S(=O)(=O)N(C)C. The van der Waals surface area contributed by atoms with Gasteiger partial charge >= 0.3 is 0 Å². The lowest BCUT2D eigenvalue weighted by atomic mass is 10.2. The Morgan fingerprint density at radius 3 is 2.62 bits per heavy atom. The Labute approximate surface area is 130 Å². The Bertz CT molecular complexity index is 599. The molecule has 1 fully saturated rings. The van der Waals surface area contributed by atoms with Gasteiger partial charge in [0.2, 0.25) is 10.0 Å². The molecule has 0 spiro atoms. The van der Waals surface area contributed by atoms with Crippen LogP contribution in [0.4, 0.5) is 10.8 Å². The van der Waals surface area contributed by atoms with Gasteiger partial charge < -0.3 is 15.5 Å². The van der Waals surface area contributed by atoms with Crippen molar-refractivity contribution in [2.45, 2.75) is 23.8 Å². The summed E-state index contributed by atoms with van der Waals surface area (Å²) in [5.41, 5.74) is 5.79. The predicted molar refractivity (Wildman–Crippen MR) is 86.3 cm³/mol. The number of sulfonamides is 1. The third-order valence-electron chi connectivity index (χ3n) is 3.90. The van der Waals surface area contributed by atoms with Crippen LogP contribution in [0, 0.1) is 0 Å². The number of nitrogens with zero attached hydrogens (tertiary/aromatic N) is 4. The molecule has 0 aromatic carbocycles. The number of hydrogen-bond acceptors (Lipinski definition) is 7. The average Bonchev–Trinajstić information content (AvgIpc) is 2.96. The van der Waals surface area contributed by atoms with Gasteiger partial charge in [0.1, 0.15) is 5.00 Å². The van der Waals surface area contributed by atoms with Crippen LogP contribution in [0.25, 0.3) is 0 Å². The maximum absolute atomic E-state index is 12.4. The minimum atomic E-state index is -3.59. The van der Waals surface area contributed by atoms with Crippen LogP contribution >= 0.6 is 11.5 Å².